The molecule has 1 saturated heterocycles. The number of sulfonamides is 2. The van der Waals surface area contributed by atoms with E-state index in [4.69, 9.17) is 4.74 Å². The maximum atomic E-state index is 13.3. The second kappa shape index (κ2) is 12.6. The van der Waals surface area contributed by atoms with Gasteiger partial charge in [0.25, 0.3) is 0 Å². The molecule has 15 heteroatoms. The summed E-state index contributed by atoms with van der Waals surface area (Å²) in [6.45, 7) is 5.33. The molecule has 1 heterocycles. The fourth-order valence-electron chi connectivity index (χ4n) is 4.09. The lowest BCUT2D eigenvalue weighted by Gasteiger charge is -2.31. The number of carbonyl (C=O) groups is 1. The van der Waals surface area contributed by atoms with Gasteiger partial charge in [-0.1, -0.05) is 26.0 Å². The van der Waals surface area contributed by atoms with Crippen molar-refractivity contribution in [2.24, 2.45) is 0 Å². The Morgan fingerprint density at radius 2 is 1.67 bits per heavy atom. The molecule has 1 aliphatic rings. The van der Waals surface area contributed by atoms with Crippen molar-refractivity contribution in [3.05, 3.63) is 48.0 Å². The van der Waals surface area contributed by atoms with E-state index >= 15 is 0 Å². The minimum absolute atomic E-state index is 0.0250. The summed E-state index contributed by atoms with van der Waals surface area (Å²) in [5.41, 5.74) is -0.548. The molecule has 1 fully saturated rings. The summed E-state index contributed by atoms with van der Waals surface area (Å²) in [6.07, 6.45) is -5.29. The van der Waals surface area contributed by atoms with Crippen LogP contribution in [0.2, 0.25) is 0 Å². The van der Waals surface area contributed by atoms with Gasteiger partial charge in [-0.25, -0.2) is 21.6 Å². The van der Waals surface area contributed by atoms with E-state index in [1.165, 1.54) is 22.5 Å². The molecule has 0 aliphatic carbocycles. The van der Waals surface area contributed by atoms with Crippen LogP contribution in [0.5, 0.6) is 0 Å². The fourth-order valence-corrected chi connectivity index (χ4v) is 6.83. The predicted molar refractivity (Wildman–Crippen MR) is 139 cm³/mol. The van der Waals surface area contributed by atoms with Crippen molar-refractivity contribution in [3.63, 3.8) is 0 Å². The van der Waals surface area contributed by atoms with E-state index < -0.39 is 55.6 Å². The van der Waals surface area contributed by atoms with E-state index in [0.29, 0.717) is 38.1 Å². The number of carbonyl (C=O) groups excluding carboxylic acids is 1. The molecule has 1 amide bonds. The van der Waals surface area contributed by atoms with Crippen LogP contribution < -0.4 is 14.9 Å². The van der Waals surface area contributed by atoms with Gasteiger partial charge in [0, 0.05) is 39.1 Å². The van der Waals surface area contributed by atoms with Crippen LogP contribution >= 0.6 is 0 Å². The van der Waals surface area contributed by atoms with Gasteiger partial charge in [0.2, 0.25) is 26.0 Å². The lowest BCUT2D eigenvalue weighted by molar-refractivity contribution is -0.139. The van der Waals surface area contributed by atoms with E-state index in [1.807, 2.05) is 9.62 Å². The van der Waals surface area contributed by atoms with Crippen LogP contribution in [0.3, 0.4) is 0 Å². The van der Waals surface area contributed by atoms with Crippen LogP contribution in [-0.2, 0) is 35.8 Å². The second-order valence-corrected chi connectivity index (χ2v) is 12.2. The molecule has 0 atom stereocenters. The van der Waals surface area contributed by atoms with Gasteiger partial charge >= 0.3 is 6.18 Å². The number of amides is 1. The average molecular weight is 593 g/mol. The molecule has 39 heavy (non-hydrogen) atoms. The van der Waals surface area contributed by atoms with E-state index in [-0.39, 0.29) is 23.7 Å². The smallest absolute Gasteiger partial charge is 0.378 e. The number of anilines is 2. The topological polar surface area (TPSA) is 125 Å². The van der Waals surface area contributed by atoms with Gasteiger partial charge < -0.3 is 15.0 Å². The van der Waals surface area contributed by atoms with E-state index in [0.717, 1.165) is 12.1 Å². The summed E-state index contributed by atoms with van der Waals surface area (Å²) in [5.74, 6) is -0.659. The van der Waals surface area contributed by atoms with Crippen LogP contribution in [0.15, 0.2) is 52.3 Å². The molecule has 0 radical (unpaired) electrons. The summed E-state index contributed by atoms with van der Waals surface area (Å²) in [6, 6.07) is 8.14. The van der Waals surface area contributed by atoms with Gasteiger partial charge in [0.05, 0.1) is 39.9 Å². The Morgan fingerprint density at radius 1 is 1.03 bits per heavy atom. The Labute approximate surface area is 226 Å². The minimum Gasteiger partial charge on any atom is -0.378 e. The maximum absolute atomic E-state index is 13.3. The van der Waals surface area contributed by atoms with Gasteiger partial charge in [-0.05, 0) is 30.3 Å². The number of halogens is 3. The molecule has 0 aromatic heterocycles. The van der Waals surface area contributed by atoms with Crippen molar-refractivity contribution >= 4 is 37.3 Å². The number of hydrogen-bond donors (Lipinski definition) is 2. The number of rotatable bonds is 11. The van der Waals surface area contributed by atoms with Crippen LogP contribution in [0.25, 0.3) is 0 Å². The number of morpholine rings is 1. The molecule has 0 spiro atoms. The summed E-state index contributed by atoms with van der Waals surface area (Å²) in [7, 11) is -8.40. The first-order valence-corrected chi connectivity index (χ1v) is 15.2. The molecule has 2 aromatic rings. The third-order valence-electron chi connectivity index (χ3n) is 6.06. The molecule has 216 valence electrons. The van der Waals surface area contributed by atoms with Crippen LogP contribution in [0.1, 0.15) is 25.8 Å². The predicted octanol–water partition coefficient (Wildman–Crippen LogP) is 2.88. The highest BCUT2D eigenvalue weighted by Crippen LogP contribution is 2.34. The zero-order valence-electron chi connectivity index (χ0n) is 21.5. The number of alkyl halides is 3. The third-order valence-corrected chi connectivity index (χ3v) is 9.63. The lowest BCUT2D eigenvalue weighted by Crippen LogP contribution is -2.37. The van der Waals surface area contributed by atoms with Crippen LogP contribution in [-0.4, -0.2) is 73.0 Å². The first-order valence-electron chi connectivity index (χ1n) is 12.2. The number of hydrogen-bond acceptors (Lipinski definition) is 7. The standard InChI is InChI=1S/C24H31F3N4O6S2/c1-3-31(4-2)39(35,36)18-9-10-21(30-13-15-37-16-14-30)20(17-18)29-23(32)11-12-28-38(33,34)22-8-6-5-7-19(22)24(25,26)27/h5-10,17,28H,3-4,11-16H2,1-2H3,(H,29,32). The highest BCUT2D eigenvalue weighted by Gasteiger charge is 2.36. The average Bonchev–Trinajstić information content (AvgIpc) is 2.89. The summed E-state index contributed by atoms with van der Waals surface area (Å²) < 4.78 is 99.7. The van der Waals surface area contributed by atoms with Crippen molar-refractivity contribution in [2.45, 2.75) is 36.2 Å². The Bertz CT molecular complexity index is 1370. The first kappa shape index (κ1) is 30.8. The van der Waals surface area contributed by atoms with Crippen molar-refractivity contribution in [3.8, 4) is 0 Å². The van der Waals surface area contributed by atoms with Crippen molar-refractivity contribution in [1.82, 2.24) is 9.03 Å². The molecule has 0 unspecified atom stereocenters. The lowest BCUT2D eigenvalue weighted by atomic mass is 10.2. The quantitative estimate of drug-likeness (QED) is 0.411. The molecule has 0 bridgehead atoms. The summed E-state index contributed by atoms with van der Waals surface area (Å²) in [4.78, 5) is 13.7. The van der Waals surface area contributed by atoms with Gasteiger partial charge in [-0.15, -0.1) is 0 Å². The Kier molecular flexibility index (Phi) is 9.98. The summed E-state index contributed by atoms with van der Waals surface area (Å²) >= 11 is 0. The van der Waals surface area contributed by atoms with Crippen molar-refractivity contribution < 1.29 is 39.5 Å². The molecule has 10 nitrogen and oxygen atoms in total. The molecule has 0 saturated carbocycles. The number of benzene rings is 2. The Hall–Kier alpha value is -2.72. The van der Waals surface area contributed by atoms with Crippen molar-refractivity contribution in [2.75, 3.05) is 56.2 Å². The molecule has 2 aromatic carbocycles. The molecule has 2 N–H and O–H groups in total. The number of ether oxygens (including phenoxy) is 1. The van der Waals surface area contributed by atoms with Gasteiger partial charge in [-0.3, -0.25) is 4.79 Å². The highest BCUT2D eigenvalue weighted by molar-refractivity contribution is 7.89. The summed E-state index contributed by atoms with van der Waals surface area (Å²) in [5, 5.41) is 2.64. The number of nitrogens with one attached hydrogen (secondary N) is 2. The zero-order chi connectivity index (χ0) is 28.8. The van der Waals surface area contributed by atoms with Crippen LogP contribution in [0.4, 0.5) is 24.5 Å². The van der Waals surface area contributed by atoms with E-state index in [9.17, 15) is 34.8 Å². The van der Waals surface area contributed by atoms with E-state index in [1.54, 1.807) is 19.9 Å². The maximum Gasteiger partial charge on any atom is 0.417 e. The SMILES string of the molecule is CCN(CC)S(=O)(=O)c1ccc(N2CCOCC2)c(NC(=O)CCNS(=O)(=O)c2ccccc2C(F)(F)F)c1. The Balaban J connectivity index is 1.79. The molecule has 3 rings (SSSR count). The first-order chi connectivity index (χ1) is 18.3. The van der Waals surface area contributed by atoms with Gasteiger partial charge in [0.15, 0.2) is 0 Å². The third kappa shape index (κ3) is 7.48. The molecular weight excluding hydrogens is 561 g/mol. The Morgan fingerprint density at radius 3 is 2.28 bits per heavy atom. The van der Waals surface area contributed by atoms with Gasteiger partial charge in [0.1, 0.15) is 0 Å². The minimum atomic E-state index is -4.88. The zero-order valence-corrected chi connectivity index (χ0v) is 23.1. The second-order valence-electron chi connectivity index (χ2n) is 8.56. The largest absolute Gasteiger partial charge is 0.417 e. The highest BCUT2D eigenvalue weighted by atomic mass is 32.2. The molecule has 1 aliphatic heterocycles. The van der Waals surface area contributed by atoms with Crippen LogP contribution in [0, 0.1) is 0 Å². The number of nitrogens with zero attached hydrogens (tertiary/aromatic N) is 2. The van der Waals surface area contributed by atoms with Crippen molar-refractivity contribution in [1.29, 1.82) is 0 Å². The molecular formula is C24H31F3N4O6S2. The van der Waals surface area contributed by atoms with E-state index in [2.05, 4.69) is 5.32 Å². The fraction of sp³-hybridized carbons (Fsp3) is 0.458. The van der Waals surface area contributed by atoms with Gasteiger partial charge in [-0.2, -0.15) is 17.5 Å². The monoisotopic (exact) mass is 592 g/mol. The normalized spacial score (nSPS) is 15.0.